The highest BCUT2D eigenvalue weighted by Gasteiger charge is 2.45. The first kappa shape index (κ1) is 28.9. The first-order valence-corrected chi connectivity index (χ1v) is 15.6. The van der Waals surface area contributed by atoms with Gasteiger partial charge in [-0.1, -0.05) is 47.5 Å². The van der Waals surface area contributed by atoms with Crippen molar-refractivity contribution in [3.05, 3.63) is 101 Å². The van der Waals surface area contributed by atoms with Crippen molar-refractivity contribution < 1.29 is 22.6 Å². The maximum Gasteiger partial charge on any atom is 0.243 e. The predicted molar refractivity (Wildman–Crippen MR) is 158 cm³/mol. The number of aromatic nitrogens is 3. The number of hydrogen-bond donors (Lipinski definition) is 0. The SMILES string of the molecule is O=S(=O)(c1ccccc1)N1CCN(c2ccc(OC[C@@H]3CO[C@@](Cn4cncn4)(c4ccc(Cl)cc4Cl)O3)cc2)CC1. The predicted octanol–water partition coefficient (Wildman–Crippen LogP) is 4.44. The number of halogens is 2. The number of sulfonamides is 1. The van der Waals surface area contributed by atoms with E-state index < -0.39 is 15.8 Å². The molecule has 4 aromatic rings. The lowest BCUT2D eigenvalue weighted by Gasteiger charge is -2.35. The van der Waals surface area contributed by atoms with Crippen molar-refractivity contribution in [3.63, 3.8) is 0 Å². The third kappa shape index (κ3) is 6.12. The van der Waals surface area contributed by atoms with E-state index in [2.05, 4.69) is 15.0 Å². The average Bonchev–Trinajstić information content (AvgIpc) is 3.67. The van der Waals surface area contributed by atoms with Gasteiger partial charge in [-0.05, 0) is 48.5 Å². The second kappa shape index (κ2) is 12.2. The Morgan fingerprint density at radius 1 is 0.976 bits per heavy atom. The van der Waals surface area contributed by atoms with E-state index in [1.807, 2.05) is 30.3 Å². The molecule has 220 valence electrons. The Morgan fingerprint density at radius 3 is 2.43 bits per heavy atom. The second-order valence-corrected chi connectivity index (χ2v) is 12.8. The van der Waals surface area contributed by atoms with Crippen LogP contribution in [0, 0.1) is 0 Å². The Kier molecular flexibility index (Phi) is 8.39. The van der Waals surface area contributed by atoms with Crippen LogP contribution < -0.4 is 9.64 Å². The van der Waals surface area contributed by atoms with Crippen LogP contribution in [0.4, 0.5) is 5.69 Å². The van der Waals surface area contributed by atoms with Gasteiger partial charge in [-0.2, -0.15) is 9.40 Å². The summed E-state index contributed by atoms with van der Waals surface area (Å²) in [5.41, 5.74) is 1.65. The molecule has 13 heteroatoms. The van der Waals surface area contributed by atoms with Crippen LogP contribution in [0.5, 0.6) is 5.75 Å². The van der Waals surface area contributed by atoms with Crippen LogP contribution in [0.25, 0.3) is 0 Å². The number of rotatable bonds is 9. The molecule has 2 aliphatic rings. The van der Waals surface area contributed by atoms with Gasteiger partial charge in [-0.25, -0.2) is 18.1 Å². The van der Waals surface area contributed by atoms with E-state index in [1.165, 1.54) is 6.33 Å². The zero-order chi connectivity index (χ0) is 29.2. The molecule has 0 saturated carbocycles. The summed E-state index contributed by atoms with van der Waals surface area (Å²) in [6.07, 6.45) is 2.67. The lowest BCUT2D eigenvalue weighted by molar-refractivity contribution is -0.190. The van der Waals surface area contributed by atoms with Crippen LogP contribution in [0.15, 0.2) is 90.3 Å². The Bertz CT molecular complexity index is 1600. The van der Waals surface area contributed by atoms with Crippen molar-refractivity contribution in [2.75, 3.05) is 44.3 Å². The summed E-state index contributed by atoms with van der Waals surface area (Å²) in [6.45, 7) is 2.84. The van der Waals surface area contributed by atoms with Gasteiger partial charge in [0, 0.05) is 42.5 Å². The summed E-state index contributed by atoms with van der Waals surface area (Å²) < 4.78 is 47.7. The maximum absolute atomic E-state index is 12.9. The molecule has 0 unspecified atom stereocenters. The largest absolute Gasteiger partial charge is 0.491 e. The minimum absolute atomic E-state index is 0.249. The fourth-order valence-electron chi connectivity index (χ4n) is 5.15. The fraction of sp³-hybridized carbons (Fsp3) is 0.310. The summed E-state index contributed by atoms with van der Waals surface area (Å²) in [5, 5.41) is 5.14. The molecule has 0 aliphatic carbocycles. The molecule has 2 saturated heterocycles. The molecule has 0 radical (unpaired) electrons. The van der Waals surface area contributed by atoms with E-state index in [1.54, 1.807) is 57.8 Å². The molecular weight excluding hydrogens is 601 g/mol. The van der Waals surface area contributed by atoms with Crippen LogP contribution in [-0.4, -0.2) is 73.0 Å². The Hall–Kier alpha value is -3.19. The van der Waals surface area contributed by atoms with Gasteiger partial charge in [0.15, 0.2) is 0 Å². The van der Waals surface area contributed by atoms with Gasteiger partial charge in [0.25, 0.3) is 0 Å². The monoisotopic (exact) mass is 629 g/mol. The highest BCUT2D eigenvalue weighted by Crippen LogP contribution is 2.40. The quantitative estimate of drug-likeness (QED) is 0.268. The van der Waals surface area contributed by atoms with Crippen molar-refractivity contribution in [2.24, 2.45) is 0 Å². The summed E-state index contributed by atoms with van der Waals surface area (Å²) in [4.78, 5) is 6.51. The standard InChI is InChI=1S/C29H29Cl2N5O5S/c30-22-6-11-27(28(31)16-22)29(19-35-21-32-20-33-35)40-18-25(41-29)17-39-24-9-7-23(8-10-24)34-12-14-36(15-13-34)42(37,38)26-4-2-1-3-5-26/h1-11,16,20-21,25H,12-15,17-19H2/t25-,29-/m1/s1. The van der Waals surface area contributed by atoms with E-state index >= 15 is 0 Å². The van der Waals surface area contributed by atoms with Crippen molar-refractivity contribution in [1.29, 1.82) is 0 Å². The number of benzene rings is 3. The lowest BCUT2D eigenvalue weighted by atomic mass is 10.1. The number of ether oxygens (including phenoxy) is 3. The van der Waals surface area contributed by atoms with Crippen LogP contribution >= 0.6 is 23.2 Å². The molecule has 10 nitrogen and oxygen atoms in total. The molecule has 2 atom stereocenters. The minimum Gasteiger partial charge on any atom is -0.491 e. The van der Waals surface area contributed by atoms with Crippen LogP contribution in [0.1, 0.15) is 5.56 Å². The maximum atomic E-state index is 12.9. The van der Waals surface area contributed by atoms with Crippen molar-refractivity contribution >= 4 is 38.9 Å². The van der Waals surface area contributed by atoms with E-state index in [-0.39, 0.29) is 19.3 Å². The third-order valence-electron chi connectivity index (χ3n) is 7.30. The molecule has 0 spiro atoms. The molecule has 6 rings (SSSR count). The molecule has 0 bridgehead atoms. The molecule has 0 N–H and O–H groups in total. The van der Waals surface area contributed by atoms with Gasteiger partial charge in [0.05, 0.1) is 16.5 Å². The van der Waals surface area contributed by atoms with Crippen LogP contribution in [0.3, 0.4) is 0 Å². The highest BCUT2D eigenvalue weighted by atomic mass is 35.5. The zero-order valence-electron chi connectivity index (χ0n) is 22.6. The second-order valence-electron chi connectivity index (χ2n) is 10.0. The van der Waals surface area contributed by atoms with Crippen molar-refractivity contribution in [2.45, 2.75) is 23.3 Å². The molecule has 2 fully saturated rings. The number of nitrogens with zero attached hydrogens (tertiary/aromatic N) is 5. The number of anilines is 1. The van der Waals surface area contributed by atoms with Gasteiger partial charge >= 0.3 is 0 Å². The third-order valence-corrected chi connectivity index (χ3v) is 9.76. The number of hydrogen-bond acceptors (Lipinski definition) is 8. The van der Waals surface area contributed by atoms with Crippen molar-refractivity contribution in [1.82, 2.24) is 19.1 Å². The smallest absolute Gasteiger partial charge is 0.243 e. The molecule has 0 amide bonds. The first-order chi connectivity index (χ1) is 20.3. The topological polar surface area (TPSA) is 99.0 Å². The Morgan fingerprint density at radius 2 is 1.74 bits per heavy atom. The van der Waals surface area contributed by atoms with E-state index in [0.29, 0.717) is 59.0 Å². The van der Waals surface area contributed by atoms with Gasteiger partial charge < -0.3 is 19.1 Å². The van der Waals surface area contributed by atoms with Gasteiger partial charge in [-0.3, -0.25) is 0 Å². The molecule has 1 aromatic heterocycles. The Balaban J connectivity index is 1.06. The summed E-state index contributed by atoms with van der Waals surface area (Å²) in [6, 6.07) is 21.5. The zero-order valence-corrected chi connectivity index (χ0v) is 24.9. The van der Waals surface area contributed by atoms with E-state index in [9.17, 15) is 8.42 Å². The minimum atomic E-state index is -3.49. The van der Waals surface area contributed by atoms with Crippen LogP contribution in [-0.2, 0) is 31.8 Å². The molecule has 42 heavy (non-hydrogen) atoms. The Labute approximate surface area is 254 Å². The van der Waals surface area contributed by atoms with Gasteiger partial charge in [0.1, 0.15) is 37.7 Å². The molecule has 2 aliphatic heterocycles. The average molecular weight is 631 g/mol. The molecule has 3 heterocycles. The van der Waals surface area contributed by atoms with Gasteiger partial charge in [-0.15, -0.1) is 0 Å². The number of piperazine rings is 1. The summed E-state index contributed by atoms with van der Waals surface area (Å²) >= 11 is 12.7. The van der Waals surface area contributed by atoms with Crippen LogP contribution in [0.2, 0.25) is 10.0 Å². The van der Waals surface area contributed by atoms with Crippen molar-refractivity contribution in [3.8, 4) is 5.75 Å². The summed E-state index contributed by atoms with van der Waals surface area (Å²) in [5.74, 6) is -0.491. The van der Waals surface area contributed by atoms with E-state index in [4.69, 9.17) is 37.4 Å². The lowest BCUT2D eigenvalue weighted by Crippen LogP contribution is -2.48. The molecular formula is C29H29Cl2N5O5S. The van der Waals surface area contributed by atoms with Gasteiger partial charge in [0.2, 0.25) is 15.8 Å². The fourth-order valence-corrected chi connectivity index (χ4v) is 7.15. The highest BCUT2D eigenvalue weighted by molar-refractivity contribution is 7.89. The summed E-state index contributed by atoms with van der Waals surface area (Å²) in [7, 11) is -3.49. The van der Waals surface area contributed by atoms with E-state index in [0.717, 1.165) is 5.69 Å². The molecule has 3 aromatic carbocycles. The normalized spacial score (nSPS) is 21.5. The first-order valence-electron chi connectivity index (χ1n) is 13.5.